The molecule has 0 fully saturated rings. The molecular formula is C24H23ClF2N6O4. The highest BCUT2D eigenvalue weighted by molar-refractivity contribution is 6.30. The molecule has 2 aromatic rings. The van der Waals surface area contributed by atoms with E-state index >= 15 is 0 Å². The predicted octanol–water partition coefficient (Wildman–Crippen LogP) is 3.50. The number of benzene rings is 2. The molecule has 0 spiro atoms. The Labute approximate surface area is 216 Å². The lowest BCUT2D eigenvalue weighted by Crippen LogP contribution is -2.49. The molecule has 2 aromatic carbocycles. The van der Waals surface area contributed by atoms with Gasteiger partial charge in [0.2, 0.25) is 5.96 Å². The van der Waals surface area contributed by atoms with Gasteiger partial charge in [-0.15, -0.1) is 0 Å². The summed E-state index contributed by atoms with van der Waals surface area (Å²) in [6, 6.07) is 11.8. The SMILES string of the molecule is CCN(C(=O)COC(C)=O)C1CN(C(=Nc2ccc(OC(F)F)cc2)NC#N)N=C1c1ccc(Cl)cc1. The van der Waals surface area contributed by atoms with Gasteiger partial charge in [-0.2, -0.15) is 19.1 Å². The van der Waals surface area contributed by atoms with E-state index in [4.69, 9.17) is 16.3 Å². The second-order valence-corrected chi connectivity index (χ2v) is 8.03. The maximum atomic E-state index is 12.9. The summed E-state index contributed by atoms with van der Waals surface area (Å²) in [5.41, 5.74) is 1.52. The van der Waals surface area contributed by atoms with Crippen molar-refractivity contribution in [2.75, 3.05) is 19.7 Å². The van der Waals surface area contributed by atoms with Gasteiger partial charge >= 0.3 is 12.6 Å². The molecule has 1 atom stereocenters. The van der Waals surface area contributed by atoms with E-state index < -0.39 is 31.1 Å². The van der Waals surface area contributed by atoms with Gasteiger partial charge < -0.3 is 14.4 Å². The summed E-state index contributed by atoms with van der Waals surface area (Å²) in [6.45, 7) is 0.00549. The first-order valence-corrected chi connectivity index (χ1v) is 11.4. The Hall–Kier alpha value is -4.24. The van der Waals surface area contributed by atoms with E-state index in [9.17, 15) is 23.6 Å². The van der Waals surface area contributed by atoms with Crippen LogP contribution in [0.25, 0.3) is 0 Å². The van der Waals surface area contributed by atoms with Crippen LogP contribution in [0.15, 0.2) is 58.6 Å². The highest BCUT2D eigenvalue weighted by Gasteiger charge is 2.36. The van der Waals surface area contributed by atoms with Crippen LogP contribution in [0, 0.1) is 11.5 Å². The van der Waals surface area contributed by atoms with Gasteiger partial charge in [-0.05, 0) is 43.3 Å². The zero-order valence-corrected chi connectivity index (χ0v) is 20.7. The third-order valence-electron chi connectivity index (χ3n) is 5.18. The van der Waals surface area contributed by atoms with Crippen LogP contribution in [0.1, 0.15) is 19.4 Å². The number of nitriles is 1. The Morgan fingerprint density at radius 3 is 2.51 bits per heavy atom. The smallest absolute Gasteiger partial charge is 0.387 e. The standard InChI is InChI=1S/C24H23ClF2N6O4/c1-3-32(21(35)13-36-15(2)34)20-12-33(31-22(20)16-4-6-17(25)7-5-16)24(29-14-28)30-18-8-10-19(11-9-18)37-23(26)27/h4-11,20,23H,3,12-13H2,1-2H3,(H,29,30). The van der Waals surface area contributed by atoms with Crippen LogP contribution >= 0.6 is 11.6 Å². The molecule has 10 nitrogen and oxygen atoms in total. The number of rotatable bonds is 8. The number of likely N-dealkylation sites (N-methyl/N-ethyl adjacent to an activating group) is 1. The third kappa shape index (κ3) is 7.37. The second-order valence-electron chi connectivity index (χ2n) is 7.59. The number of nitrogens with zero attached hydrogens (tertiary/aromatic N) is 5. The summed E-state index contributed by atoms with van der Waals surface area (Å²) in [7, 11) is 0. The molecule has 3 rings (SSSR count). The van der Waals surface area contributed by atoms with Crippen LogP contribution < -0.4 is 10.1 Å². The van der Waals surface area contributed by atoms with E-state index in [2.05, 4.69) is 20.1 Å². The minimum atomic E-state index is -2.96. The molecule has 0 saturated heterocycles. The normalized spacial score (nSPS) is 15.2. The van der Waals surface area contributed by atoms with Gasteiger partial charge in [-0.1, -0.05) is 23.7 Å². The van der Waals surface area contributed by atoms with Crippen molar-refractivity contribution in [2.24, 2.45) is 10.1 Å². The topological polar surface area (TPSA) is 120 Å². The lowest BCUT2D eigenvalue weighted by molar-refractivity contribution is -0.150. The van der Waals surface area contributed by atoms with Crippen LogP contribution in [0.5, 0.6) is 5.75 Å². The van der Waals surface area contributed by atoms with Crippen molar-refractivity contribution in [2.45, 2.75) is 26.5 Å². The quantitative estimate of drug-likeness (QED) is 0.182. The van der Waals surface area contributed by atoms with Crippen molar-refractivity contribution >= 4 is 40.8 Å². The summed E-state index contributed by atoms with van der Waals surface area (Å²) in [4.78, 5) is 30.0. The fourth-order valence-corrected chi connectivity index (χ4v) is 3.71. The number of nitrogens with one attached hydrogen (secondary N) is 1. The number of amides is 1. The van der Waals surface area contributed by atoms with Crippen LogP contribution in [0.4, 0.5) is 14.5 Å². The number of hydrogen-bond acceptors (Lipinski definition) is 7. The molecule has 194 valence electrons. The highest BCUT2D eigenvalue weighted by atomic mass is 35.5. The van der Waals surface area contributed by atoms with Crippen molar-refractivity contribution in [1.82, 2.24) is 15.2 Å². The van der Waals surface area contributed by atoms with Crippen molar-refractivity contribution in [3.63, 3.8) is 0 Å². The fraction of sp³-hybridized carbons (Fsp3) is 0.292. The molecule has 1 amide bonds. The molecule has 1 unspecified atom stereocenters. The molecule has 1 aliphatic rings. The van der Waals surface area contributed by atoms with Crippen LogP contribution in [0.2, 0.25) is 5.02 Å². The molecule has 0 aromatic heterocycles. The number of carbonyl (C=O) groups is 2. The predicted molar refractivity (Wildman–Crippen MR) is 131 cm³/mol. The van der Waals surface area contributed by atoms with Crippen molar-refractivity contribution in [3.05, 3.63) is 59.1 Å². The molecule has 0 aliphatic carbocycles. The maximum Gasteiger partial charge on any atom is 0.387 e. The number of esters is 1. The van der Waals surface area contributed by atoms with Gasteiger partial charge in [0.05, 0.1) is 24.0 Å². The van der Waals surface area contributed by atoms with E-state index in [1.54, 1.807) is 31.2 Å². The molecule has 0 radical (unpaired) electrons. The number of halogens is 3. The van der Waals surface area contributed by atoms with Crippen molar-refractivity contribution < 1.29 is 27.8 Å². The Morgan fingerprint density at radius 1 is 1.27 bits per heavy atom. The summed E-state index contributed by atoms with van der Waals surface area (Å²) >= 11 is 6.04. The number of alkyl halides is 2. The zero-order valence-electron chi connectivity index (χ0n) is 19.9. The third-order valence-corrected chi connectivity index (χ3v) is 5.43. The van der Waals surface area contributed by atoms with Gasteiger partial charge in [0.1, 0.15) is 5.75 Å². The first kappa shape index (κ1) is 27.3. The minimum Gasteiger partial charge on any atom is -0.456 e. The lowest BCUT2D eigenvalue weighted by atomic mass is 10.0. The molecule has 1 aliphatic heterocycles. The number of ether oxygens (including phenoxy) is 2. The zero-order chi connectivity index (χ0) is 26.9. The monoisotopic (exact) mass is 532 g/mol. The molecule has 0 bridgehead atoms. The molecule has 1 heterocycles. The fourth-order valence-electron chi connectivity index (χ4n) is 3.58. The van der Waals surface area contributed by atoms with Crippen molar-refractivity contribution in [1.29, 1.82) is 5.26 Å². The van der Waals surface area contributed by atoms with Gasteiger partial charge in [-0.3, -0.25) is 14.9 Å². The number of hydrazone groups is 1. The average molecular weight is 533 g/mol. The summed E-state index contributed by atoms with van der Waals surface area (Å²) < 4.78 is 34.1. The van der Waals surface area contributed by atoms with Gasteiger partial charge in [0, 0.05) is 24.1 Å². The summed E-state index contributed by atoms with van der Waals surface area (Å²) in [6.07, 6.45) is 1.81. The Morgan fingerprint density at radius 2 is 1.95 bits per heavy atom. The van der Waals surface area contributed by atoms with Gasteiger partial charge in [0.25, 0.3) is 5.91 Å². The summed E-state index contributed by atoms with van der Waals surface area (Å²) in [5, 5.41) is 18.4. The van der Waals surface area contributed by atoms with Crippen LogP contribution in [-0.2, 0) is 14.3 Å². The van der Waals surface area contributed by atoms with E-state index in [1.807, 2.05) is 6.19 Å². The van der Waals surface area contributed by atoms with E-state index in [-0.39, 0.29) is 24.8 Å². The average Bonchev–Trinajstić information content (AvgIpc) is 3.29. The summed E-state index contributed by atoms with van der Waals surface area (Å²) in [5.74, 6) is -1.01. The molecule has 0 saturated carbocycles. The van der Waals surface area contributed by atoms with Crippen molar-refractivity contribution in [3.8, 4) is 11.9 Å². The number of carbonyl (C=O) groups excluding carboxylic acids is 2. The van der Waals surface area contributed by atoms with Crippen LogP contribution in [0.3, 0.4) is 0 Å². The van der Waals surface area contributed by atoms with Crippen LogP contribution in [-0.4, -0.2) is 65.8 Å². The highest BCUT2D eigenvalue weighted by Crippen LogP contribution is 2.24. The second kappa shape index (κ2) is 12.6. The van der Waals surface area contributed by atoms with E-state index in [0.29, 0.717) is 22.0 Å². The van der Waals surface area contributed by atoms with Gasteiger partial charge in [0.15, 0.2) is 12.8 Å². The maximum absolute atomic E-state index is 12.9. The minimum absolute atomic E-state index is 0.0436. The van der Waals surface area contributed by atoms with E-state index in [1.165, 1.54) is 41.1 Å². The van der Waals surface area contributed by atoms with E-state index in [0.717, 1.165) is 0 Å². The Kier molecular flexibility index (Phi) is 9.34. The molecular weight excluding hydrogens is 510 g/mol. The first-order valence-electron chi connectivity index (χ1n) is 11.0. The number of hydrogen-bond donors (Lipinski definition) is 1. The largest absolute Gasteiger partial charge is 0.456 e. The Balaban J connectivity index is 1.96. The first-order chi connectivity index (χ1) is 17.7. The molecule has 1 N–H and O–H groups in total. The number of guanidine groups is 1. The Bertz CT molecular complexity index is 1220. The molecule has 13 heteroatoms. The molecule has 37 heavy (non-hydrogen) atoms. The van der Waals surface area contributed by atoms with Gasteiger partial charge in [-0.25, -0.2) is 10.0 Å². The lowest BCUT2D eigenvalue weighted by Gasteiger charge is -2.29. The number of aliphatic imine (C=N–C) groups is 1.